The Morgan fingerprint density at radius 3 is 2.28 bits per heavy atom. The monoisotopic (exact) mass is 253 g/mol. The zero-order valence-corrected chi connectivity index (χ0v) is 12.0. The average molecular weight is 253 g/mol. The molecule has 0 aliphatic heterocycles. The standard InChI is InChI=1S/C15H24FNO/c1-11-8-12(10-13(16)9-11)15(5,18)6-7-17-14(2,3)4/h8-10,17-18H,6-7H2,1-5H3. The molecule has 1 atom stereocenters. The third kappa shape index (κ3) is 4.75. The van der Waals surface area contributed by atoms with Crippen LogP contribution in [0.2, 0.25) is 0 Å². The number of aryl methyl sites for hydroxylation is 1. The Bertz CT molecular complexity index is 387. The molecule has 1 aromatic carbocycles. The molecule has 0 aliphatic rings. The van der Waals surface area contributed by atoms with Gasteiger partial charge in [-0.2, -0.15) is 0 Å². The summed E-state index contributed by atoms with van der Waals surface area (Å²) in [6, 6.07) is 4.71. The van der Waals surface area contributed by atoms with Gasteiger partial charge in [-0.1, -0.05) is 6.07 Å². The molecule has 1 unspecified atom stereocenters. The largest absolute Gasteiger partial charge is 0.385 e. The predicted octanol–water partition coefficient (Wildman–Crippen LogP) is 3.12. The van der Waals surface area contributed by atoms with Crippen molar-refractivity contribution in [3.05, 3.63) is 35.1 Å². The SMILES string of the molecule is Cc1cc(F)cc(C(C)(O)CCNC(C)(C)C)c1. The van der Waals surface area contributed by atoms with Crippen LogP contribution < -0.4 is 5.32 Å². The summed E-state index contributed by atoms with van der Waals surface area (Å²) in [5, 5.41) is 13.7. The first-order valence-electron chi connectivity index (χ1n) is 6.35. The maximum atomic E-state index is 13.3. The van der Waals surface area contributed by atoms with Gasteiger partial charge in [0, 0.05) is 5.54 Å². The van der Waals surface area contributed by atoms with Gasteiger partial charge in [0.05, 0.1) is 5.60 Å². The molecule has 0 aliphatic carbocycles. The molecule has 1 aromatic rings. The van der Waals surface area contributed by atoms with Crippen molar-refractivity contribution in [2.24, 2.45) is 0 Å². The fraction of sp³-hybridized carbons (Fsp3) is 0.600. The summed E-state index contributed by atoms with van der Waals surface area (Å²) < 4.78 is 13.3. The van der Waals surface area contributed by atoms with E-state index in [4.69, 9.17) is 0 Å². The highest BCUT2D eigenvalue weighted by Crippen LogP contribution is 2.26. The molecule has 0 amide bonds. The molecular weight excluding hydrogens is 229 g/mol. The van der Waals surface area contributed by atoms with E-state index in [1.807, 2.05) is 13.0 Å². The topological polar surface area (TPSA) is 32.3 Å². The Labute approximate surface area is 109 Å². The zero-order valence-electron chi connectivity index (χ0n) is 12.0. The summed E-state index contributed by atoms with van der Waals surface area (Å²) in [5.74, 6) is -0.297. The van der Waals surface area contributed by atoms with Gasteiger partial charge in [0.25, 0.3) is 0 Å². The quantitative estimate of drug-likeness (QED) is 0.864. The van der Waals surface area contributed by atoms with Crippen LogP contribution in [0.4, 0.5) is 4.39 Å². The number of nitrogens with one attached hydrogen (secondary N) is 1. The summed E-state index contributed by atoms with van der Waals surface area (Å²) in [7, 11) is 0. The van der Waals surface area contributed by atoms with Crippen molar-refractivity contribution in [1.82, 2.24) is 5.32 Å². The number of hydrogen-bond acceptors (Lipinski definition) is 2. The molecule has 18 heavy (non-hydrogen) atoms. The second-order valence-corrected chi connectivity index (χ2v) is 6.22. The molecule has 0 bridgehead atoms. The Morgan fingerprint density at radius 1 is 1.17 bits per heavy atom. The Balaban J connectivity index is 2.73. The first kappa shape index (κ1) is 15.1. The maximum Gasteiger partial charge on any atom is 0.123 e. The molecule has 0 radical (unpaired) electrons. The van der Waals surface area contributed by atoms with E-state index in [-0.39, 0.29) is 11.4 Å². The second-order valence-electron chi connectivity index (χ2n) is 6.22. The van der Waals surface area contributed by atoms with Crippen molar-refractivity contribution < 1.29 is 9.50 Å². The Morgan fingerprint density at radius 2 is 1.78 bits per heavy atom. The van der Waals surface area contributed by atoms with Crippen molar-refractivity contribution in [2.75, 3.05) is 6.54 Å². The minimum absolute atomic E-state index is 0.0218. The van der Waals surface area contributed by atoms with E-state index in [0.29, 0.717) is 18.5 Å². The summed E-state index contributed by atoms with van der Waals surface area (Å²) in [5.41, 5.74) is 0.476. The minimum atomic E-state index is -1.01. The predicted molar refractivity (Wildman–Crippen MR) is 73.1 cm³/mol. The lowest BCUT2D eigenvalue weighted by Gasteiger charge is -2.27. The van der Waals surface area contributed by atoms with E-state index in [9.17, 15) is 9.50 Å². The van der Waals surface area contributed by atoms with E-state index in [0.717, 1.165) is 5.56 Å². The fourth-order valence-electron chi connectivity index (χ4n) is 1.87. The third-order valence-electron chi connectivity index (χ3n) is 2.93. The molecule has 0 fully saturated rings. The van der Waals surface area contributed by atoms with Crippen LogP contribution in [0.5, 0.6) is 0 Å². The smallest absolute Gasteiger partial charge is 0.123 e. The molecule has 0 aromatic heterocycles. The van der Waals surface area contributed by atoms with Crippen LogP contribution in [0.3, 0.4) is 0 Å². The van der Waals surface area contributed by atoms with Crippen molar-refractivity contribution >= 4 is 0 Å². The minimum Gasteiger partial charge on any atom is -0.385 e. The summed E-state index contributed by atoms with van der Waals surface area (Å²) in [4.78, 5) is 0. The van der Waals surface area contributed by atoms with Crippen LogP contribution in [0.1, 0.15) is 45.2 Å². The summed E-state index contributed by atoms with van der Waals surface area (Å²) >= 11 is 0. The highest BCUT2D eigenvalue weighted by Gasteiger charge is 2.24. The fourth-order valence-corrected chi connectivity index (χ4v) is 1.87. The number of halogens is 1. The van der Waals surface area contributed by atoms with Crippen molar-refractivity contribution in [1.29, 1.82) is 0 Å². The molecule has 0 saturated carbocycles. The lowest BCUT2D eigenvalue weighted by atomic mass is 9.91. The molecule has 2 nitrogen and oxygen atoms in total. The van der Waals surface area contributed by atoms with Crippen LogP contribution in [-0.4, -0.2) is 17.2 Å². The molecule has 0 heterocycles. The van der Waals surface area contributed by atoms with Crippen LogP contribution in [-0.2, 0) is 5.60 Å². The summed E-state index contributed by atoms with van der Waals surface area (Å²) in [6.07, 6.45) is 0.549. The molecule has 1 rings (SSSR count). The van der Waals surface area contributed by atoms with Gasteiger partial charge in [-0.05, 0) is 70.8 Å². The van der Waals surface area contributed by atoms with Gasteiger partial charge >= 0.3 is 0 Å². The van der Waals surface area contributed by atoms with Crippen molar-refractivity contribution in [3.63, 3.8) is 0 Å². The van der Waals surface area contributed by atoms with Gasteiger partial charge in [-0.15, -0.1) is 0 Å². The molecule has 102 valence electrons. The molecule has 0 saturated heterocycles. The Kier molecular flexibility index (Phi) is 4.51. The van der Waals surface area contributed by atoms with Gasteiger partial charge in [0.15, 0.2) is 0 Å². The molecule has 0 spiro atoms. The van der Waals surface area contributed by atoms with E-state index in [1.54, 1.807) is 6.92 Å². The van der Waals surface area contributed by atoms with E-state index >= 15 is 0 Å². The first-order chi connectivity index (χ1) is 8.10. The lowest BCUT2D eigenvalue weighted by molar-refractivity contribution is 0.0460. The molecule has 2 N–H and O–H groups in total. The number of aliphatic hydroxyl groups is 1. The average Bonchev–Trinajstić information content (AvgIpc) is 2.13. The normalized spacial score (nSPS) is 15.5. The first-order valence-corrected chi connectivity index (χ1v) is 6.35. The number of benzene rings is 1. The zero-order chi connectivity index (χ0) is 14.0. The van der Waals surface area contributed by atoms with Gasteiger partial charge < -0.3 is 10.4 Å². The Hall–Kier alpha value is -0.930. The van der Waals surface area contributed by atoms with Gasteiger partial charge in [0.1, 0.15) is 5.82 Å². The van der Waals surface area contributed by atoms with E-state index in [1.165, 1.54) is 12.1 Å². The lowest BCUT2D eigenvalue weighted by Crippen LogP contribution is -2.39. The van der Waals surface area contributed by atoms with Gasteiger partial charge in [0.2, 0.25) is 0 Å². The van der Waals surface area contributed by atoms with Crippen LogP contribution >= 0.6 is 0 Å². The third-order valence-corrected chi connectivity index (χ3v) is 2.93. The van der Waals surface area contributed by atoms with Crippen LogP contribution in [0, 0.1) is 12.7 Å². The van der Waals surface area contributed by atoms with Crippen LogP contribution in [0.25, 0.3) is 0 Å². The maximum absolute atomic E-state index is 13.3. The number of hydrogen-bond donors (Lipinski definition) is 2. The number of rotatable bonds is 4. The van der Waals surface area contributed by atoms with Crippen molar-refractivity contribution in [3.8, 4) is 0 Å². The highest BCUT2D eigenvalue weighted by molar-refractivity contribution is 5.28. The summed E-state index contributed by atoms with van der Waals surface area (Å²) in [6.45, 7) is 10.5. The molecular formula is C15H24FNO. The van der Waals surface area contributed by atoms with E-state index in [2.05, 4.69) is 26.1 Å². The van der Waals surface area contributed by atoms with Gasteiger partial charge in [-0.25, -0.2) is 4.39 Å². The highest BCUT2D eigenvalue weighted by atomic mass is 19.1. The van der Waals surface area contributed by atoms with Crippen LogP contribution in [0.15, 0.2) is 18.2 Å². The second kappa shape index (κ2) is 5.37. The van der Waals surface area contributed by atoms with Crippen molar-refractivity contribution in [2.45, 2.75) is 52.2 Å². The molecule has 3 heteroatoms. The van der Waals surface area contributed by atoms with E-state index < -0.39 is 5.60 Å². The van der Waals surface area contributed by atoms with Gasteiger partial charge in [-0.3, -0.25) is 0 Å².